The molecule has 1 unspecified atom stereocenters. The van der Waals surface area contributed by atoms with E-state index in [1.807, 2.05) is 24.3 Å². The van der Waals surface area contributed by atoms with Gasteiger partial charge in [-0.3, -0.25) is 0 Å². The summed E-state index contributed by atoms with van der Waals surface area (Å²) in [7, 11) is -0.312. The summed E-state index contributed by atoms with van der Waals surface area (Å²) in [6, 6.07) is 7.67. The first-order valence-electron chi connectivity index (χ1n) is 6.47. The van der Waals surface area contributed by atoms with E-state index >= 15 is 0 Å². The van der Waals surface area contributed by atoms with Gasteiger partial charge in [0, 0.05) is 5.69 Å². The molecule has 2 N–H and O–H groups in total. The van der Waals surface area contributed by atoms with E-state index < -0.39 is 0 Å². The molecule has 0 radical (unpaired) electrons. The maximum Gasteiger partial charge on any atom is 0.494 e. The number of hydrogen-bond donors (Lipinski definition) is 1. The van der Waals surface area contributed by atoms with Crippen LogP contribution in [0, 0.1) is 5.92 Å². The first-order valence-corrected chi connectivity index (χ1v) is 6.47. The Morgan fingerprint density at radius 1 is 1.06 bits per heavy atom. The van der Waals surface area contributed by atoms with E-state index in [1.54, 1.807) is 0 Å². The lowest BCUT2D eigenvalue weighted by Gasteiger charge is -2.39. The van der Waals surface area contributed by atoms with Crippen molar-refractivity contribution in [1.82, 2.24) is 0 Å². The monoisotopic (exact) mass is 247 g/mol. The van der Waals surface area contributed by atoms with Gasteiger partial charge in [0.2, 0.25) is 0 Å². The highest BCUT2D eigenvalue weighted by atomic mass is 16.7. The van der Waals surface area contributed by atoms with Crippen LogP contribution in [-0.4, -0.2) is 18.3 Å². The highest BCUT2D eigenvalue weighted by molar-refractivity contribution is 6.62. The molecule has 0 spiro atoms. The minimum Gasteiger partial charge on any atom is -0.399 e. The molecule has 0 aromatic heterocycles. The van der Waals surface area contributed by atoms with Gasteiger partial charge >= 0.3 is 7.12 Å². The standard InChI is InChI=1S/C14H22BNO2/c1-10(2)14(5)13(3,4)17-15(18-14)11-6-8-12(16)9-7-11/h6-10H,16H2,1-5H3. The zero-order valence-corrected chi connectivity index (χ0v) is 11.9. The van der Waals surface area contributed by atoms with E-state index in [4.69, 9.17) is 15.0 Å². The van der Waals surface area contributed by atoms with Crippen molar-refractivity contribution >= 4 is 18.3 Å². The van der Waals surface area contributed by atoms with Gasteiger partial charge < -0.3 is 15.0 Å². The number of hydrogen-bond acceptors (Lipinski definition) is 3. The van der Waals surface area contributed by atoms with Crippen LogP contribution in [0.2, 0.25) is 0 Å². The summed E-state index contributed by atoms with van der Waals surface area (Å²) >= 11 is 0. The summed E-state index contributed by atoms with van der Waals surface area (Å²) in [5, 5.41) is 0. The number of rotatable bonds is 2. The van der Waals surface area contributed by atoms with E-state index in [0.717, 1.165) is 11.2 Å². The zero-order valence-electron chi connectivity index (χ0n) is 11.9. The number of nitrogens with two attached hydrogens (primary N) is 1. The SMILES string of the molecule is CC(C)C1(C)OB(c2ccc(N)cc2)OC1(C)C. The molecule has 1 saturated heterocycles. The van der Waals surface area contributed by atoms with Gasteiger partial charge in [0.25, 0.3) is 0 Å². The van der Waals surface area contributed by atoms with Gasteiger partial charge in [-0.2, -0.15) is 0 Å². The van der Waals surface area contributed by atoms with Crippen LogP contribution in [0.5, 0.6) is 0 Å². The lowest BCUT2D eigenvalue weighted by molar-refractivity contribution is -0.0435. The lowest BCUT2D eigenvalue weighted by atomic mass is 9.78. The normalized spacial score (nSPS) is 26.9. The first kappa shape index (κ1) is 13.4. The molecule has 1 fully saturated rings. The summed E-state index contributed by atoms with van der Waals surface area (Å²) in [6.45, 7) is 10.6. The second-order valence-electron chi connectivity index (χ2n) is 6.01. The van der Waals surface area contributed by atoms with E-state index in [-0.39, 0.29) is 18.3 Å². The Morgan fingerprint density at radius 2 is 1.61 bits per heavy atom. The largest absolute Gasteiger partial charge is 0.494 e. The highest BCUT2D eigenvalue weighted by Crippen LogP contribution is 2.42. The quantitative estimate of drug-likeness (QED) is 0.643. The Morgan fingerprint density at radius 3 is 2.06 bits per heavy atom. The molecule has 4 heteroatoms. The molecule has 3 nitrogen and oxygen atoms in total. The van der Waals surface area contributed by atoms with Gasteiger partial charge in [-0.15, -0.1) is 0 Å². The third kappa shape index (κ3) is 2.04. The molecule has 1 aliphatic heterocycles. The minimum absolute atomic E-state index is 0.293. The molecule has 1 aliphatic rings. The van der Waals surface area contributed by atoms with Crippen molar-refractivity contribution in [2.75, 3.05) is 5.73 Å². The van der Waals surface area contributed by atoms with Gasteiger partial charge in [0.15, 0.2) is 0 Å². The fourth-order valence-corrected chi connectivity index (χ4v) is 2.39. The predicted molar refractivity (Wildman–Crippen MR) is 75.7 cm³/mol. The topological polar surface area (TPSA) is 44.5 Å². The molecule has 1 aromatic carbocycles. The maximum atomic E-state index is 6.19. The molecular formula is C14H22BNO2. The fourth-order valence-electron chi connectivity index (χ4n) is 2.39. The number of nitrogen functional groups attached to an aromatic ring is 1. The fraction of sp³-hybridized carbons (Fsp3) is 0.571. The number of benzene rings is 1. The zero-order chi connectivity index (χ0) is 13.6. The van der Waals surface area contributed by atoms with Gasteiger partial charge in [0.1, 0.15) is 0 Å². The second-order valence-corrected chi connectivity index (χ2v) is 6.01. The molecule has 0 saturated carbocycles. The Labute approximate surface area is 110 Å². The molecule has 0 aliphatic carbocycles. The van der Waals surface area contributed by atoms with Crippen LogP contribution >= 0.6 is 0 Å². The van der Waals surface area contributed by atoms with Crippen LogP contribution < -0.4 is 11.2 Å². The Bertz CT molecular complexity index is 430. The average Bonchev–Trinajstić information content (AvgIpc) is 2.52. The van der Waals surface area contributed by atoms with Crippen molar-refractivity contribution in [3.8, 4) is 0 Å². The summed E-state index contributed by atoms with van der Waals surface area (Å²) in [4.78, 5) is 0. The maximum absolute atomic E-state index is 6.19. The predicted octanol–water partition coefficient (Wildman–Crippen LogP) is 2.20. The van der Waals surface area contributed by atoms with Crippen molar-refractivity contribution in [2.24, 2.45) is 5.92 Å². The number of anilines is 1. The van der Waals surface area contributed by atoms with Gasteiger partial charge in [-0.05, 0) is 44.3 Å². The van der Waals surface area contributed by atoms with Crippen LogP contribution in [0.1, 0.15) is 34.6 Å². The highest BCUT2D eigenvalue weighted by Gasteiger charge is 2.55. The molecule has 1 aromatic rings. The summed E-state index contributed by atoms with van der Waals surface area (Å²) in [5.41, 5.74) is 6.86. The van der Waals surface area contributed by atoms with Crippen molar-refractivity contribution < 1.29 is 9.31 Å². The first-order chi connectivity index (χ1) is 8.26. The summed E-state index contributed by atoms with van der Waals surface area (Å²) < 4.78 is 12.3. The molecule has 18 heavy (non-hydrogen) atoms. The lowest BCUT2D eigenvalue weighted by Crippen LogP contribution is -2.48. The van der Waals surface area contributed by atoms with Crippen molar-refractivity contribution in [2.45, 2.75) is 45.8 Å². The van der Waals surface area contributed by atoms with Gasteiger partial charge in [-0.25, -0.2) is 0 Å². The summed E-state index contributed by atoms with van der Waals surface area (Å²) in [5.74, 6) is 0.381. The molecule has 2 rings (SSSR count). The molecule has 98 valence electrons. The van der Waals surface area contributed by atoms with Crippen molar-refractivity contribution in [1.29, 1.82) is 0 Å². The minimum atomic E-state index is -0.312. The molecule has 0 bridgehead atoms. The van der Waals surface area contributed by atoms with Crippen LogP contribution in [0.15, 0.2) is 24.3 Å². The van der Waals surface area contributed by atoms with E-state index in [0.29, 0.717) is 5.92 Å². The second kappa shape index (κ2) is 4.28. The third-order valence-corrected chi connectivity index (χ3v) is 4.26. The van der Waals surface area contributed by atoms with Crippen LogP contribution in [0.25, 0.3) is 0 Å². The Hall–Kier alpha value is -0.995. The van der Waals surface area contributed by atoms with Crippen LogP contribution in [0.3, 0.4) is 0 Å². The smallest absolute Gasteiger partial charge is 0.399 e. The van der Waals surface area contributed by atoms with Gasteiger partial charge in [-0.1, -0.05) is 26.0 Å². The van der Waals surface area contributed by atoms with Crippen molar-refractivity contribution in [3.05, 3.63) is 24.3 Å². The summed E-state index contributed by atoms with van der Waals surface area (Å²) in [6.07, 6.45) is 0. The van der Waals surface area contributed by atoms with Crippen LogP contribution in [0.4, 0.5) is 5.69 Å². The third-order valence-electron chi connectivity index (χ3n) is 4.26. The Balaban J connectivity index is 2.28. The van der Waals surface area contributed by atoms with E-state index in [1.165, 1.54) is 0 Å². The average molecular weight is 247 g/mol. The molecule has 1 heterocycles. The molecule has 0 amide bonds. The van der Waals surface area contributed by atoms with Crippen LogP contribution in [-0.2, 0) is 9.31 Å². The van der Waals surface area contributed by atoms with Gasteiger partial charge in [0.05, 0.1) is 11.2 Å². The Kier molecular flexibility index (Phi) is 3.20. The van der Waals surface area contributed by atoms with E-state index in [2.05, 4.69) is 34.6 Å². The molecular weight excluding hydrogens is 225 g/mol. The van der Waals surface area contributed by atoms with E-state index in [9.17, 15) is 0 Å². The molecule has 1 atom stereocenters. The van der Waals surface area contributed by atoms with Crippen molar-refractivity contribution in [3.63, 3.8) is 0 Å².